The van der Waals surface area contributed by atoms with Gasteiger partial charge in [-0.3, -0.25) is 0 Å². The highest BCUT2D eigenvalue weighted by molar-refractivity contribution is 6.30. The third-order valence-corrected chi connectivity index (χ3v) is 3.73. The molecule has 1 aliphatic carbocycles. The summed E-state index contributed by atoms with van der Waals surface area (Å²) in [5.41, 5.74) is 2.00. The van der Waals surface area contributed by atoms with Crippen molar-refractivity contribution in [2.45, 2.75) is 25.2 Å². The minimum atomic E-state index is 0.158. The summed E-state index contributed by atoms with van der Waals surface area (Å²) in [4.78, 5) is 9.04. The number of halogens is 1. The maximum atomic E-state index is 8.86. The lowest BCUT2D eigenvalue weighted by molar-refractivity contribution is 0.292. The van der Waals surface area contributed by atoms with Crippen LogP contribution >= 0.6 is 11.6 Å². The van der Waals surface area contributed by atoms with Crippen LogP contribution in [0.4, 0.5) is 17.5 Å². The SMILES string of the molecule is OCCCNc1nc(Nc2ccc(Cl)cc2)cc(C2CC2)n1. The van der Waals surface area contributed by atoms with Gasteiger partial charge in [-0.25, -0.2) is 4.98 Å². The van der Waals surface area contributed by atoms with E-state index in [1.807, 2.05) is 30.3 Å². The van der Waals surface area contributed by atoms with Crippen molar-refractivity contribution in [3.05, 3.63) is 41.0 Å². The van der Waals surface area contributed by atoms with E-state index in [0.717, 1.165) is 17.2 Å². The summed E-state index contributed by atoms with van der Waals surface area (Å²) < 4.78 is 0. The van der Waals surface area contributed by atoms with Crippen molar-refractivity contribution >= 4 is 29.1 Å². The van der Waals surface area contributed by atoms with Gasteiger partial charge in [0.25, 0.3) is 0 Å². The van der Waals surface area contributed by atoms with Crippen LogP contribution < -0.4 is 10.6 Å². The first-order valence-electron chi connectivity index (χ1n) is 7.51. The number of aliphatic hydroxyl groups is 1. The van der Waals surface area contributed by atoms with E-state index < -0.39 is 0 Å². The molecule has 6 heteroatoms. The molecule has 3 N–H and O–H groups in total. The van der Waals surface area contributed by atoms with Crippen LogP contribution in [0.1, 0.15) is 30.9 Å². The summed E-state index contributed by atoms with van der Waals surface area (Å²) in [7, 11) is 0. The van der Waals surface area contributed by atoms with Crippen LogP contribution in [-0.4, -0.2) is 28.2 Å². The van der Waals surface area contributed by atoms with Gasteiger partial charge in [0.05, 0.1) is 5.69 Å². The summed E-state index contributed by atoms with van der Waals surface area (Å²) in [6, 6.07) is 9.52. The number of hydrogen-bond donors (Lipinski definition) is 3. The molecule has 1 fully saturated rings. The van der Waals surface area contributed by atoms with Crippen LogP contribution in [0.3, 0.4) is 0 Å². The molecule has 0 spiro atoms. The van der Waals surface area contributed by atoms with E-state index in [-0.39, 0.29) is 6.61 Å². The van der Waals surface area contributed by atoms with E-state index in [9.17, 15) is 0 Å². The van der Waals surface area contributed by atoms with Crippen molar-refractivity contribution in [3.63, 3.8) is 0 Å². The second-order valence-electron chi connectivity index (χ2n) is 5.41. The van der Waals surface area contributed by atoms with Gasteiger partial charge in [0.15, 0.2) is 0 Å². The van der Waals surface area contributed by atoms with E-state index in [4.69, 9.17) is 16.7 Å². The minimum Gasteiger partial charge on any atom is -0.396 e. The van der Waals surface area contributed by atoms with E-state index in [1.54, 1.807) is 0 Å². The van der Waals surface area contributed by atoms with Gasteiger partial charge < -0.3 is 15.7 Å². The predicted molar refractivity (Wildman–Crippen MR) is 88.9 cm³/mol. The van der Waals surface area contributed by atoms with E-state index in [0.29, 0.717) is 29.9 Å². The molecule has 0 saturated heterocycles. The Morgan fingerprint density at radius 3 is 2.64 bits per heavy atom. The highest BCUT2D eigenvalue weighted by atomic mass is 35.5. The molecule has 0 unspecified atom stereocenters. The van der Waals surface area contributed by atoms with Gasteiger partial charge in [0.2, 0.25) is 5.95 Å². The molecule has 1 aromatic carbocycles. The highest BCUT2D eigenvalue weighted by Gasteiger charge is 2.26. The first-order valence-corrected chi connectivity index (χ1v) is 7.89. The van der Waals surface area contributed by atoms with Crippen LogP contribution in [0, 0.1) is 0 Å². The lowest BCUT2D eigenvalue weighted by Gasteiger charge is -2.11. The van der Waals surface area contributed by atoms with Gasteiger partial charge in [-0.2, -0.15) is 4.98 Å². The fraction of sp³-hybridized carbons (Fsp3) is 0.375. The number of rotatable bonds is 7. The Morgan fingerprint density at radius 2 is 1.95 bits per heavy atom. The Hall–Kier alpha value is -1.85. The standard InChI is InChI=1S/C16H19ClN4O/c17-12-4-6-13(7-5-12)19-15-10-14(11-2-3-11)20-16(21-15)18-8-1-9-22/h4-7,10-11,22H,1-3,8-9H2,(H2,18,19,20,21). The number of nitrogens with one attached hydrogen (secondary N) is 2. The molecule has 0 aliphatic heterocycles. The number of aliphatic hydroxyl groups excluding tert-OH is 1. The fourth-order valence-electron chi connectivity index (χ4n) is 2.16. The van der Waals surface area contributed by atoms with Gasteiger partial charge in [0.1, 0.15) is 5.82 Å². The quantitative estimate of drug-likeness (QED) is 0.681. The van der Waals surface area contributed by atoms with Crippen molar-refractivity contribution in [2.75, 3.05) is 23.8 Å². The fourth-order valence-corrected chi connectivity index (χ4v) is 2.28. The zero-order chi connectivity index (χ0) is 15.4. The van der Waals surface area contributed by atoms with E-state index in [2.05, 4.69) is 20.6 Å². The Labute approximate surface area is 134 Å². The lowest BCUT2D eigenvalue weighted by atomic mass is 10.2. The Bertz CT molecular complexity index is 629. The van der Waals surface area contributed by atoms with Crippen molar-refractivity contribution in [3.8, 4) is 0 Å². The molecular formula is C16H19ClN4O. The normalized spacial score (nSPS) is 13.9. The molecule has 5 nitrogen and oxygen atoms in total. The van der Waals surface area contributed by atoms with Crippen molar-refractivity contribution in [2.24, 2.45) is 0 Å². The maximum absolute atomic E-state index is 8.86. The number of hydrogen-bond acceptors (Lipinski definition) is 5. The monoisotopic (exact) mass is 318 g/mol. The Balaban J connectivity index is 1.77. The van der Waals surface area contributed by atoms with Gasteiger partial charge in [-0.1, -0.05) is 11.6 Å². The second kappa shape index (κ2) is 6.94. The Morgan fingerprint density at radius 1 is 1.18 bits per heavy atom. The molecule has 3 rings (SSSR count). The average molecular weight is 319 g/mol. The third-order valence-electron chi connectivity index (χ3n) is 3.48. The van der Waals surface area contributed by atoms with Crippen LogP contribution in [0.5, 0.6) is 0 Å². The van der Waals surface area contributed by atoms with Crippen molar-refractivity contribution < 1.29 is 5.11 Å². The molecular weight excluding hydrogens is 300 g/mol. The van der Waals surface area contributed by atoms with Gasteiger partial charge >= 0.3 is 0 Å². The maximum Gasteiger partial charge on any atom is 0.224 e. The first-order chi connectivity index (χ1) is 10.7. The summed E-state index contributed by atoms with van der Waals surface area (Å²) in [5, 5.41) is 16.0. The van der Waals surface area contributed by atoms with Crippen molar-refractivity contribution in [1.82, 2.24) is 9.97 Å². The molecule has 0 radical (unpaired) electrons. The number of anilines is 3. The molecule has 2 aromatic rings. The summed E-state index contributed by atoms with van der Waals surface area (Å²) >= 11 is 5.90. The smallest absolute Gasteiger partial charge is 0.224 e. The molecule has 0 bridgehead atoms. The summed E-state index contributed by atoms with van der Waals surface area (Å²) in [6.07, 6.45) is 3.05. The van der Waals surface area contributed by atoms with Crippen molar-refractivity contribution in [1.29, 1.82) is 0 Å². The Kier molecular flexibility index (Phi) is 4.75. The third kappa shape index (κ3) is 4.08. The number of nitrogens with zero attached hydrogens (tertiary/aromatic N) is 2. The molecule has 0 atom stereocenters. The van der Waals surface area contributed by atoms with Gasteiger partial charge in [0, 0.05) is 35.8 Å². The molecule has 116 valence electrons. The average Bonchev–Trinajstić information content (AvgIpc) is 3.35. The second-order valence-corrected chi connectivity index (χ2v) is 5.85. The molecule has 0 amide bonds. The van der Waals surface area contributed by atoms with Crippen LogP contribution in [-0.2, 0) is 0 Å². The molecule has 22 heavy (non-hydrogen) atoms. The molecule has 1 saturated carbocycles. The van der Waals surface area contributed by atoms with E-state index in [1.165, 1.54) is 12.8 Å². The van der Waals surface area contributed by atoms with Gasteiger partial charge in [-0.15, -0.1) is 0 Å². The number of aromatic nitrogens is 2. The zero-order valence-electron chi connectivity index (χ0n) is 12.2. The number of benzene rings is 1. The van der Waals surface area contributed by atoms with Crippen LogP contribution in [0.15, 0.2) is 30.3 Å². The first kappa shape index (κ1) is 15.1. The molecule has 1 heterocycles. The zero-order valence-corrected chi connectivity index (χ0v) is 13.0. The van der Waals surface area contributed by atoms with Crippen LogP contribution in [0.2, 0.25) is 5.02 Å². The summed E-state index contributed by atoms with van der Waals surface area (Å²) in [6.45, 7) is 0.816. The highest BCUT2D eigenvalue weighted by Crippen LogP contribution is 2.40. The predicted octanol–water partition coefficient (Wildman–Crippen LogP) is 3.55. The topological polar surface area (TPSA) is 70.1 Å². The summed E-state index contributed by atoms with van der Waals surface area (Å²) in [5.74, 6) is 1.92. The van der Waals surface area contributed by atoms with Gasteiger partial charge in [-0.05, 0) is 43.5 Å². The minimum absolute atomic E-state index is 0.158. The molecule has 1 aliphatic rings. The lowest BCUT2D eigenvalue weighted by Crippen LogP contribution is -2.09. The van der Waals surface area contributed by atoms with Crippen LogP contribution in [0.25, 0.3) is 0 Å². The molecule has 1 aromatic heterocycles. The largest absolute Gasteiger partial charge is 0.396 e. The van der Waals surface area contributed by atoms with E-state index >= 15 is 0 Å².